The van der Waals surface area contributed by atoms with E-state index < -0.39 is 0 Å². The summed E-state index contributed by atoms with van der Waals surface area (Å²) in [7, 11) is 0. The van der Waals surface area contributed by atoms with Crippen molar-refractivity contribution in [3.8, 4) is 17.1 Å². The van der Waals surface area contributed by atoms with Gasteiger partial charge in [0.15, 0.2) is 16.8 Å². The molecule has 0 N–H and O–H groups in total. The van der Waals surface area contributed by atoms with E-state index in [2.05, 4.69) is 37.6 Å². The van der Waals surface area contributed by atoms with Gasteiger partial charge in [0.1, 0.15) is 0 Å². The zero-order valence-corrected chi connectivity index (χ0v) is 15.6. The van der Waals surface area contributed by atoms with E-state index in [9.17, 15) is 0 Å². The highest BCUT2D eigenvalue weighted by Gasteiger charge is 2.17. The van der Waals surface area contributed by atoms with E-state index in [-0.39, 0.29) is 0 Å². The highest BCUT2D eigenvalue weighted by Crippen LogP contribution is 2.29. The molecule has 0 saturated heterocycles. The topological polar surface area (TPSA) is 87.2 Å². The predicted octanol–water partition coefficient (Wildman–Crippen LogP) is 3.02. The van der Waals surface area contributed by atoms with E-state index in [4.69, 9.17) is 0 Å². The molecule has 4 rings (SSSR count). The summed E-state index contributed by atoms with van der Waals surface area (Å²) in [5.74, 6) is 2.23. The molecular weight excluding hydrogens is 360 g/mol. The summed E-state index contributed by atoms with van der Waals surface area (Å²) in [5, 5.41) is 21.6. The number of para-hydroxylation sites is 1. The minimum Gasteiger partial charge on any atom is -0.270 e. The third kappa shape index (κ3) is 3.72. The van der Waals surface area contributed by atoms with Crippen molar-refractivity contribution in [3.05, 3.63) is 60.7 Å². The number of benzene rings is 1. The van der Waals surface area contributed by atoms with Crippen LogP contribution in [0.3, 0.4) is 0 Å². The molecule has 0 unspecified atom stereocenters. The lowest BCUT2D eigenvalue weighted by atomic mass is 10.2. The molecule has 0 spiro atoms. The summed E-state index contributed by atoms with van der Waals surface area (Å²) in [5.41, 5.74) is 1.97. The number of hydrogen-bond donors (Lipinski definition) is 0. The predicted molar refractivity (Wildman–Crippen MR) is 102 cm³/mol. The Morgan fingerprint density at radius 3 is 2.56 bits per heavy atom. The van der Waals surface area contributed by atoms with Gasteiger partial charge in [-0.25, -0.2) is 4.68 Å². The van der Waals surface area contributed by atoms with Gasteiger partial charge < -0.3 is 0 Å². The fraction of sp³-hybridized carbons (Fsp3) is 0.222. The molecule has 0 amide bonds. The molecule has 0 fully saturated rings. The van der Waals surface area contributed by atoms with Crippen molar-refractivity contribution >= 4 is 11.8 Å². The minimum absolute atomic E-state index is 0.619. The molecule has 0 aliphatic rings. The zero-order chi connectivity index (χ0) is 18.5. The minimum atomic E-state index is 0.619. The Kier molecular flexibility index (Phi) is 5.20. The van der Waals surface area contributed by atoms with Crippen molar-refractivity contribution in [1.82, 2.24) is 40.0 Å². The van der Waals surface area contributed by atoms with Gasteiger partial charge in [-0.3, -0.25) is 9.55 Å². The highest BCUT2D eigenvalue weighted by atomic mass is 32.2. The molecule has 3 heterocycles. The number of nitrogens with zero attached hydrogens (tertiary/aromatic N) is 8. The van der Waals surface area contributed by atoms with Crippen molar-refractivity contribution in [2.45, 2.75) is 30.8 Å². The van der Waals surface area contributed by atoms with Crippen LogP contribution in [0.2, 0.25) is 0 Å². The van der Waals surface area contributed by atoms with Gasteiger partial charge >= 0.3 is 0 Å². The van der Waals surface area contributed by atoms with E-state index in [1.807, 2.05) is 51.7 Å². The number of tetrazole rings is 1. The van der Waals surface area contributed by atoms with Crippen LogP contribution in [0, 0.1) is 0 Å². The first-order valence-corrected chi connectivity index (χ1v) is 9.64. The first-order valence-electron chi connectivity index (χ1n) is 8.66. The molecule has 4 aromatic rings. The Morgan fingerprint density at radius 2 is 1.78 bits per heavy atom. The second-order valence-electron chi connectivity index (χ2n) is 5.82. The summed E-state index contributed by atoms with van der Waals surface area (Å²) < 4.78 is 3.88. The molecule has 9 heteroatoms. The van der Waals surface area contributed by atoms with Crippen LogP contribution in [0.1, 0.15) is 19.2 Å². The second kappa shape index (κ2) is 8.09. The van der Waals surface area contributed by atoms with Crippen molar-refractivity contribution in [1.29, 1.82) is 0 Å². The molecule has 0 saturated carbocycles. The Labute approximate surface area is 160 Å². The Bertz CT molecular complexity index is 997. The van der Waals surface area contributed by atoms with Crippen molar-refractivity contribution in [3.63, 3.8) is 0 Å². The smallest absolute Gasteiger partial charge is 0.196 e. The first-order chi connectivity index (χ1) is 13.4. The molecule has 0 aliphatic carbocycles. The molecule has 3 aromatic heterocycles. The number of rotatable bonds is 7. The quantitative estimate of drug-likeness (QED) is 0.457. The molecule has 0 atom stereocenters. The fourth-order valence-corrected chi connectivity index (χ4v) is 3.59. The maximum absolute atomic E-state index is 4.43. The van der Waals surface area contributed by atoms with Gasteiger partial charge in [-0.1, -0.05) is 36.9 Å². The third-order valence-electron chi connectivity index (χ3n) is 3.96. The molecule has 27 heavy (non-hydrogen) atoms. The van der Waals surface area contributed by atoms with Gasteiger partial charge in [0.2, 0.25) is 0 Å². The van der Waals surface area contributed by atoms with Gasteiger partial charge in [-0.15, -0.1) is 15.3 Å². The molecule has 1 aromatic carbocycles. The molecule has 0 aliphatic heterocycles. The van der Waals surface area contributed by atoms with E-state index >= 15 is 0 Å². The Hall–Kier alpha value is -3.07. The summed E-state index contributed by atoms with van der Waals surface area (Å²) >= 11 is 1.57. The third-order valence-corrected chi connectivity index (χ3v) is 4.88. The monoisotopic (exact) mass is 378 g/mol. The van der Waals surface area contributed by atoms with Crippen LogP contribution in [0.15, 0.2) is 60.0 Å². The lowest BCUT2D eigenvalue weighted by Crippen LogP contribution is -2.05. The lowest BCUT2D eigenvalue weighted by Gasteiger charge is -2.10. The molecule has 136 valence electrons. The van der Waals surface area contributed by atoms with Crippen LogP contribution in [0.25, 0.3) is 17.1 Å². The van der Waals surface area contributed by atoms with Gasteiger partial charge in [-0.05, 0) is 41.1 Å². The number of pyridine rings is 1. The van der Waals surface area contributed by atoms with E-state index in [0.29, 0.717) is 5.75 Å². The lowest BCUT2D eigenvalue weighted by molar-refractivity contribution is 0.564. The number of thioether (sulfide) groups is 1. The first kappa shape index (κ1) is 17.3. The molecule has 0 bridgehead atoms. The average molecular weight is 378 g/mol. The second-order valence-corrected chi connectivity index (χ2v) is 6.76. The van der Waals surface area contributed by atoms with Crippen LogP contribution < -0.4 is 0 Å². The van der Waals surface area contributed by atoms with Gasteiger partial charge in [0.05, 0.1) is 5.75 Å². The van der Waals surface area contributed by atoms with Crippen LogP contribution in [0.4, 0.5) is 0 Å². The summed E-state index contributed by atoms with van der Waals surface area (Å²) in [6.07, 6.45) is 4.49. The van der Waals surface area contributed by atoms with E-state index in [1.165, 1.54) is 0 Å². The zero-order valence-electron chi connectivity index (χ0n) is 14.8. The van der Waals surface area contributed by atoms with Crippen LogP contribution in [0.5, 0.6) is 0 Å². The van der Waals surface area contributed by atoms with Crippen LogP contribution in [-0.2, 0) is 12.3 Å². The molecule has 8 nitrogen and oxygen atoms in total. The average Bonchev–Trinajstić information content (AvgIpc) is 3.35. The summed E-state index contributed by atoms with van der Waals surface area (Å²) in [6.45, 7) is 2.90. The Morgan fingerprint density at radius 1 is 0.963 bits per heavy atom. The maximum atomic E-state index is 4.43. The Balaban J connectivity index is 1.68. The van der Waals surface area contributed by atoms with Crippen molar-refractivity contribution in [2.24, 2.45) is 0 Å². The SMILES string of the molecule is CCCn1nnnc1CSc1nnc(-c2ccncc2)n1-c1ccccc1. The van der Waals surface area contributed by atoms with Crippen LogP contribution >= 0.6 is 11.8 Å². The number of hydrogen-bond acceptors (Lipinski definition) is 7. The van der Waals surface area contributed by atoms with E-state index in [1.54, 1.807) is 24.2 Å². The maximum Gasteiger partial charge on any atom is 0.196 e. The highest BCUT2D eigenvalue weighted by molar-refractivity contribution is 7.98. The summed E-state index contributed by atoms with van der Waals surface area (Å²) in [6, 6.07) is 13.9. The standard InChI is InChI=1S/C18H18N8S/c1-2-12-25-16(20-23-24-25)13-27-18-22-21-17(14-8-10-19-11-9-14)26(18)15-6-4-3-5-7-15/h3-11H,2,12-13H2,1H3. The van der Waals surface area contributed by atoms with Crippen molar-refractivity contribution in [2.75, 3.05) is 0 Å². The normalized spacial score (nSPS) is 11.0. The molecule has 0 radical (unpaired) electrons. The number of aryl methyl sites for hydroxylation is 1. The summed E-state index contributed by atoms with van der Waals surface area (Å²) in [4.78, 5) is 4.09. The largest absolute Gasteiger partial charge is 0.270 e. The molecular formula is C18H18N8S. The van der Waals surface area contributed by atoms with Gasteiger partial charge in [-0.2, -0.15) is 0 Å². The fourth-order valence-electron chi connectivity index (χ4n) is 2.70. The number of aromatic nitrogens is 8. The van der Waals surface area contributed by atoms with Crippen molar-refractivity contribution < 1.29 is 0 Å². The van der Waals surface area contributed by atoms with Crippen LogP contribution in [-0.4, -0.2) is 40.0 Å². The van der Waals surface area contributed by atoms with Gasteiger partial charge in [0.25, 0.3) is 0 Å². The van der Waals surface area contributed by atoms with Gasteiger partial charge in [0, 0.05) is 30.2 Å². The van der Waals surface area contributed by atoms with E-state index in [0.717, 1.165) is 41.0 Å².